The molecule has 0 fully saturated rings. The molecule has 0 saturated heterocycles. The highest BCUT2D eigenvalue weighted by molar-refractivity contribution is 5.92. The molecule has 1 heterocycles. The summed E-state index contributed by atoms with van der Waals surface area (Å²) in [6.45, 7) is 5.76. The molecule has 1 N–H and O–H groups in total. The number of nitrogens with zero attached hydrogens (tertiary/aromatic N) is 2. The first-order valence-electron chi connectivity index (χ1n) is 5.68. The zero-order valence-electron chi connectivity index (χ0n) is 11.8. The number of hydrogen-bond donors (Lipinski definition) is 1. The van der Waals surface area contributed by atoms with Crippen LogP contribution in [-0.2, 0) is 4.74 Å². The fraction of sp³-hybridized carbons (Fsp3) is 0.429. The number of para-hydroxylation sites is 1. The first kappa shape index (κ1) is 16.5. The van der Waals surface area contributed by atoms with Crippen LogP contribution in [0.3, 0.4) is 0 Å². The molecule has 1 aromatic rings. The number of aliphatic hydroxyl groups is 1. The molecule has 1 unspecified atom stereocenters. The van der Waals surface area contributed by atoms with E-state index in [1.165, 1.54) is 11.3 Å². The molecule has 1 atom stereocenters. The summed E-state index contributed by atoms with van der Waals surface area (Å²) in [5.74, 6) is 1.42. The van der Waals surface area contributed by atoms with Gasteiger partial charge in [-0.25, -0.2) is 4.58 Å². The van der Waals surface area contributed by atoms with Crippen molar-refractivity contribution in [3.8, 4) is 0 Å². The van der Waals surface area contributed by atoms with Gasteiger partial charge in [0.25, 0.3) is 0 Å². The predicted molar refractivity (Wildman–Crippen MR) is 76.3 cm³/mol. The second-order valence-electron chi connectivity index (χ2n) is 3.76. The lowest BCUT2D eigenvalue weighted by Gasteiger charge is -1.98. The Bertz CT molecular complexity index is 414. The Morgan fingerprint density at radius 2 is 1.78 bits per heavy atom. The number of fused-ring (bicyclic) bond motifs is 1. The van der Waals surface area contributed by atoms with Crippen LogP contribution >= 0.6 is 0 Å². The average Bonchev–Trinajstić information content (AvgIpc) is 2.66. The monoisotopic (exact) mass is 251 g/mol. The van der Waals surface area contributed by atoms with E-state index in [2.05, 4.69) is 46.1 Å². The van der Waals surface area contributed by atoms with Crippen LogP contribution in [0.2, 0.25) is 0 Å². The van der Waals surface area contributed by atoms with Gasteiger partial charge in [0.05, 0.1) is 13.0 Å². The summed E-state index contributed by atoms with van der Waals surface area (Å²) in [6.07, 6.45) is 0. The predicted octanol–water partition coefficient (Wildman–Crippen LogP) is 2.05. The highest BCUT2D eigenvalue weighted by atomic mass is 16.4. The Hall–Kier alpha value is -1.52. The summed E-state index contributed by atoms with van der Waals surface area (Å²) in [7, 11) is 6.28. The van der Waals surface area contributed by atoms with Crippen LogP contribution in [0.25, 0.3) is 0 Å². The third-order valence-electron chi connectivity index (χ3n) is 2.66. The van der Waals surface area contributed by atoms with Crippen molar-refractivity contribution in [3.63, 3.8) is 0 Å². The number of hydrogen-bond acceptors (Lipinski definition) is 3. The van der Waals surface area contributed by atoms with Crippen molar-refractivity contribution in [3.05, 3.63) is 29.8 Å². The van der Waals surface area contributed by atoms with Crippen molar-refractivity contribution in [1.29, 1.82) is 0 Å². The highest BCUT2D eigenvalue weighted by Crippen LogP contribution is 2.33. The lowest BCUT2D eigenvalue weighted by Crippen LogP contribution is -2.08. The van der Waals surface area contributed by atoms with E-state index in [4.69, 9.17) is 5.11 Å². The van der Waals surface area contributed by atoms with Crippen LogP contribution in [-0.4, -0.2) is 50.6 Å². The molecule has 4 nitrogen and oxygen atoms in total. The highest BCUT2D eigenvalue weighted by Gasteiger charge is 2.31. The van der Waals surface area contributed by atoms with Crippen molar-refractivity contribution in [2.75, 3.05) is 28.4 Å². The van der Waals surface area contributed by atoms with Gasteiger partial charge in [-0.15, -0.1) is 0 Å². The summed E-state index contributed by atoms with van der Waals surface area (Å²) < 4.78 is 6.35. The Morgan fingerprint density at radius 1 is 1.28 bits per heavy atom. The van der Waals surface area contributed by atoms with E-state index in [0.717, 1.165) is 12.9 Å². The van der Waals surface area contributed by atoms with Crippen molar-refractivity contribution >= 4 is 18.2 Å². The normalized spacial score (nSPS) is 16.0. The molecule has 0 aromatic heterocycles. The maximum atomic E-state index is 7.00. The zero-order valence-corrected chi connectivity index (χ0v) is 11.8. The second-order valence-corrected chi connectivity index (χ2v) is 3.76. The van der Waals surface area contributed by atoms with Crippen LogP contribution in [0.1, 0.15) is 18.4 Å². The first-order chi connectivity index (χ1) is 8.67. The number of benzene rings is 1. The molecular formula is C14H23N2O2+. The van der Waals surface area contributed by atoms with Crippen molar-refractivity contribution < 1.29 is 14.4 Å². The minimum atomic E-state index is 0.374. The molecule has 0 amide bonds. The van der Waals surface area contributed by atoms with Crippen molar-refractivity contribution in [1.82, 2.24) is 0 Å². The Balaban J connectivity index is 0.000000509. The van der Waals surface area contributed by atoms with E-state index in [0.29, 0.717) is 5.92 Å². The molecule has 1 aliphatic heterocycles. The average molecular weight is 251 g/mol. The largest absolute Gasteiger partial charge is 0.400 e. The molecule has 1 aromatic carbocycles. The standard InChI is InChI=1S/C11H13N2.C2H6O.CH4O/c1-8-9-6-4-5-7-10(9)13(3)11(8)12-2;1-3-2;1-2/h4-8H,2H2,1,3H3;1-2H3;2H,1H3/q+1;;. The minimum Gasteiger partial charge on any atom is -0.400 e. The fourth-order valence-corrected chi connectivity index (χ4v) is 1.96. The summed E-state index contributed by atoms with van der Waals surface area (Å²) in [4.78, 5) is 4.06. The van der Waals surface area contributed by atoms with Gasteiger partial charge in [-0.05, 0) is 13.0 Å². The van der Waals surface area contributed by atoms with Gasteiger partial charge in [-0.1, -0.05) is 23.2 Å². The second kappa shape index (κ2) is 8.55. The van der Waals surface area contributed by atoms with Gasteiger partial charge in [-0.3, -0.25) is 0 Å². The lowest BCUT2D eigenvalue weighted by atomic mass is 10.0. The van der Waals surface area contributed by atoms with Crippen LogP contribution in [0.5, 0.6) is 0 Å². The van der Waals surface area contributed by atoms with E-state index in [1.54, 1.807) is 14.2 Å². The van der Waals surface area contributed by atoms with Crippen molar-refractivity contribution in [2.45, 2.75) is 12.8 Å². The molecule has 0 radical (unpaired) electrons. The molecule has 18 heavy (non-hydrogen) atoms. The molecule has 0 bridgehead atoms. The van der Waals surface area contributed by atoms with Crippen LogP contribution in [0.15, 0.2) is 29.3 Å². The molecule has 0 saturated carbocycles. The van der Waals surface area contributed by atoms with Gasteiger partial charge in [0.15, 0.2) is 0 Å². The summed E-state index contributed by atoms with van der Waals surface area (Å²) in [5.41, 5.74) is 2.59. The van der Waals surface area contributed by atoms with E-state index in [-0.39, 0.29) is 0 Å². The maximum absolute atomic E-state index is 7.00. The molecular weight excluding hydrogens is 228 g/mol. The molecule has 4 heteroatoms. The number of aliphatic hydroxyl groups excluding tert-OH is 1. The van der Waals surface area contributed by atoms with Gasteiger partial charge in [0.1, 0.15) is 12.4 Å². The quantitative estimate of drug-likeness (QED) is 0.566. The third-order valence-corrected chi connectivity index (χ3v) is 2.66. The van der Waals surface area contributed by atoms with Crippen LogP contribution < -0.4 is 0 Å². The Morgan fingerprint density at radius 3 is 2.22 bits per heavy atom. The summed E-state index contributed by atoms with van der Waals surface area (Å²) in [6, 6.07) is 8.38. The smallest absolute Gasteiger partial charge is 0.305 e. The number of rotatable bonds is 0. The summed E-state index contributed by atoms with van der Waals surface area (Å²) >= 11 is 0. The third kappa shape index (κ3) is 3.48. The van der Waals surface area contributed by atoms with Crippen LogP contribution in [0.4, 0.5) is 5.69 Å². The molecule has 100 valence electrons. The van der Waals surface area contributed by atoms with Crippen molar-refractivity contribution in [2.24, 2.45) is 4.99 Å². The fourth-order valence-electron chi connectivity index (χ4n) is 1.96. The lowest BCUT2D eigenvalue weighted by molar-refractivity contribution is -0.402. The molecule has 0 spiro atoms. The van der Waals surface area contributed by atoms with Gasteiger partial charge in [-0.2, -0.15) is 0 Å². The number of amidine groups is 1. The molecule has 2 rings (SSSR count). The SMILES string of the molecule is C=NC1=[N+](C)c2ccccc2C1C.CO.COC. The van der Waals surface area contributed by atoms with Gasteiger partial charge >= 0.3 is 5.84 Å². The number of ether oxygens (including phenoxy) is 1. The Kier molecular flexibility index (Phi) is 7.83. The van der Waals surface area contributed by atoms with Crippen LogP contribution in [0, 0.1) is 0 Å². The topological polar surface area (TPSA) is 44.8 Å². The Labute approximate surface area is 109 Å². The summed E-state index contributed by atoms with van der Waals surface area (Å²) in [5, 5.41) is 7.00. The zero-order chi connectivity index (χ0) is 14.1. The van der Waals surface area contributed by atoms with E-state index in [1.807, 2.05) is 13.1 Å². The van der Waals surface area contributed by atoms with E-state index in [9.17, 15) is 0 Å². The van der Waals surface area contributed by atoms with E-state index < -0.39 is 0 Å². The van der Waals surface area contributed by atoms with Gasteiger partial charge < -0.3 is 9.84 Å². The van der Waals surface area contributed by atoms with E-state index >= 15 is 0 Å². The molecule has 1 aliphatic rings. The van der Waals surface area contributed by atoms with Gasteiger partial charge in [0.2, 0.25) is 0 Å². The minimum absolute atomic E-state index is 0.374. The first-order valence-corrected chi connectivity index (χ1v) is 5.68. The number of aliphatic imine (C=N–C) groups is 1. The van der Waals surface area contributed by atoms with Gasteiger partial charge in [0, 0.05) is 26.9 Å². The maximum Gasteiger partial charge on any atom is 0.305 e. The molecule has 0 aliphatic carbocycles. The number of methoxy groups -OCH3 is 1.